The molecule has 0 bridgehead atoms. The Kier molecular flexibility index (Phi) is 4.28. The summed E-state index contributed by atoms with van der Waals surface area (Å²) in [5.41, 5.74) is 0.756. The zero-order valence-electron chi connectivity index (χ0n) is 13.7. The van der Waals surface area contributed by atoms with Crippen molar-refractivity contribution in [3.8, 4) is 0 Å². The van der Waals surface area contributed by atoms with Gasteiger partial charge in [0.05, 0.1) is 11.8 Å². The van der Waals surface area contributed by atoms with Crippen molar-refractivity contribution in [1.82, 2.24) is 9.80 Å². The summed E-state index contributed by atoms with van der Waals surface area (Å²) >= 11 is 1.59. The first-order valence-electron chi connectivity index (χ1n) is 8.32. The Bertz CT molecular complexity index is 900. The van der Waals surface area contributed by atoms with Crippen molar-refractivity contribution in [2.24, 2.45) is 0 Å². The van der Waals surface area contributed by atoms with Gasteiger partial charge in [-0.1, -0.05) is 18.2 Å². The monoisotopic (exact) mass is 354 g/mol. The van der Waals surface area contributed by atoms with Gasteiger partial charge in [0.2, 0.25) is 0 Å². The molecule has 0 aliphatic carbocycles. The van der Waals surface area contributed by atoms with Gasteiger partial charge in [-0.3, -0.25) is 9.59 Å². The summed E-state index contributed by atoms with van der Waals surface area (Å²) in [7, 11) is 0. The van der Waals surface area contributed by atoms with Crippen molar-refractivity contribution >= 4 is 33.2 Å². The second-order valence-corrected chi connectivity index (χ2v) is 6.97. The smallest absolute Gasteiger partial charge is 0.289 e. The lowest BCUT2D eigenvalue weighted by Gasteiger charge is -2.21. The molecular weight excluding hydrogens is 336 g/mol. The number of hydrogen-bond donors (Lipinski definition) is 0. The molecular formula is C19H18N2O3S. The Morgan fingerprint density at radius 3 is 2.44 bits per heavy atom. The van der Waals surface area contributed by atoms with Gasteiger partial charge < -0.3 is 14.2 Å². The Balaban J connectivity index is 1.49. The molecule has 128 valence electrons. The van der Waals surface area contributed by atoms with E-state index in [1.54, 1.807) is 28.4 Å². The third kappa shape index (κ3) is 3.05. The van der Waals surface area contributed by atoms with E-state index < -0.39 is 0 Å². The molecule has 2 amide bonds. The van der Waals surface area contributed by atoms with Crippen molar-refractivity contribution in [2.45, 2.75) is 6.42 Å². The number of carbonyl (C=O) groups is 2. The van der Waals surface area contributed by atoms with Gasteiger partial charge in [-0.15, -0.1) is 11.3 Å². The number of amides is 2. The second kappa shape index (κ2) is 6.72. The zero-order valence-corrected chi connectivity index (χ0v) is 14.5. The summed E-state index contributed by atoms with van der Waals surface area (Å²) in [5, 5.41) is 2.94. The van der Waals surface area contributed by atoms with Crippen molar-refractivity contribution in [2.75, 3.05) is 26.2 Å². The van der Waals surface area contributed by atoms with Crippen LogP contribution in [-0.2, 0) is 0 Å². The predicted molar refractivity (Wildman–Crippen MR) is 97.0 cm³/mol. The molecule has 0 radical (unpaired) electrons. The average Bonchev–Trinajstić information content (AvgIpc) is 3.25. The van der Waals surface area contributed by atoms with Crippen LogP contribution in [-0.4, -0.2) is 47.8 Å². The molecule has 1 fully saturated rings. The number of rotatable bonds is 2. The van der Waals surface area contributed by atoms with Crippen LogP contribution in [0.4, 0.5) is 0 Å². The van der Waals surface area contributed by atoms with Gasteiger partial charge in [0.25, 0.3) is 11.8 Å². The first-order chi connectivity index (χ1) is 12.2. The fourth-order valence-electron chi connectivity index (χ4n) is 3.19. The quantitative estimate of drug-likeness (QED) is 0.708. The highest BCUT2D eigenvalue weighted by Crippen LogP contribution is 2.27. The zero-order chi connectivity index (χ0) is 17.2. The number of nitrogens with zero attached hydrogens (tertiary/aromatic N) is 2. The number of furan rings is 1. The van der Waals surface area contributed by atoms with Crippen LogP contribution in [0.5, 0.6) is 0 Å². The van der Waals surface area contributed by atoms with Gasteiger partial charge in [0.1, 0.15) is 0 Å². The van der Waals surface area contributed by atoms with E-state index in [2.05, 4.69) is 0 Å². The molecule has 1 aliphatic rings. The van der Waals surface area contributed by atoms with Crippen LogP contribution in [0.2, 0.25) is 0 Å². The first-order valence-corrected chi connectivity index (χ1v) is 9.20. The third-order valence-corrected chi connectivity index (χ3v) is 5.48. The number of thiophene rings is 1. The predicted octanol–water partition coefficient (Wildman–Crippen LogP) is 3.48. The van der Waals surface area contributed by atoms with E-state index in [1.165, 1.54) is 6.26 Å². The van der Waals surface area contributed by atoms with Gasteiger partial charge in [0, 0.05) is 41.6 Å². The Labute approximate surface area is 149 Å². The molecule has 0 spiro atoms. The summed E-state index contributed by atoms with van der Waals surface area (Å²) in [6.45, 7) is 2.35. The van der Waals surface area contributed by atoms with E-state index in [0.29, 0.717) is 31.9 Å². The molecule has 6 heteroatoms. The largest absolute Gasteiger partial charge is 0.459 e. The van der Waals surface area contributed by atoms with Crippen LogP contribution in [0.3, 0.4) is 0 Å². The molecule has 3 heterocycles. The summed E-state index contributed by atoms with van der Waals surface area (Å²) in [4.78, 5) is 29.0. The van der Waals surface area contributed by atoms with E-state index in [0.717, 1.165) is 22.1 Å². The number of hydrogen-bond acceptors (Lipinski definition) is 4. The van der Waals surface area contributed by atoms with Crippen molar-refractivity contribution in [3.63, 3.8) is 0 Å². The van der Waals surface area contributed by atoms with Gasteiger partial charge in [-0.2, -0.15) is 0 Å². The number of carbonyl (C=O) groups excluding carboxylic acids is 2. The summed E-state index contributed by atoms with van der Waals surface area (Å²) < 4.78 is 6.32. The molecule has 0 saturated carbocycles. The molecule has 0 N–H and O–H groups in total. The fraction of sp³-hybridized carbons (Fsp3) is 0.263. The SMILES string of the molecule is O=C(c1ccco1)N1CCCN(C(=O)c2csc3ccccc23)CC1. The van der Waals surface area contributed by atoms with Crippen LogP contribution in [0.1, 0.15) is 27.3 Å². The van der Waals surface area contributed by atoms with E-state index in [9.17, 15) is 9.59 Å². The highest BCUT2D eigenvalue weighted by molar-refractivity contribution is 7.17. The van der Waals surface area contributed by atoms with E-state index in [-0.39, 0.29) is 11.8 Å². The molecule has 3 aromatic rings. The van der Waals surface area contributed by atoms with Crippen LogP contribution in [0, 0.1) is 0 Å². The van der Waals surface area contributed by atoms with E-state index >= 15 is 0 Å². The van der Waals surface area contributed by atoms with Gasteiger partial charge in [-0.25, -0.2) is 0 Å². The number of fused-ring (bicyclic) bond motifs is 1. The van der Waals surface area contributed by atoms with Crippen LogP contribution in [0.15, 0.2) is 52.5 Å². The lowest BCUT2D eigenvalue weighted by atomic mass is 10.1. The standard InChI is InChI=1S/C19H18N2O3S/c22-18(15-13-25-17-7-2-1-5-14(15)17)20-8-4-9-21(11-10-20)19(23)16-6-3-12-24-16/h1-3,5-7,12-13H,4,8-11H2. The van der Waals surface area contributed by atoms with Gasteiger partial charge in [0.15, 0.2) is 5.76 Å². The Hall–Kier alpha value is -2.60. The molecule has 4 rings (SSSR count). The third-order valence-electron chi connectivity index (χ3n) is 4.51. The minimum atomic E-state index is -0.111. The number of benzene rings is 1. The maximum absolute atomic E-state index is 12.9. The molecule has 1 saturated heterocycles. The normalized spacial score (nSPS) is 15.4. The highest BCUT2D eigenvalue weighted by Gasteiger charge is 2.25. The summed E-state index contributed by atoms with van der Waals surface area (Å²) in [6, 6.07) is 11.3. The molecule has 1 aliphatic heterocycles. The maximum Gasteiger partial charge on any atom is 0.289 e. The molecule has 2 aromatic heterocycles. The van der Waals surface area contributed by atoms with Crippen LogP contribution >= 0.6 is 11.3 Å². The molecule has 0 unspecified atom stereocenters. The fourth-order valence-corrected chi connectivity index (χ4v) is 4.13. The van der Waals surface area contributed by atoms with Crippen molar-refractivity contribution in [3.05, 3.63) is 59.4 Å². The summed E-state index contributed by atoms with van der Waals surface area (Å²) in [6.07, 6.45) is 2.27. The topological polar surface area (TPSA) is 53.8 Å². The van der Waals surface area contributed by atoms with Gasteiger partial charge in [-0.05, 0) is 24.6 Å². The molecule has 0 atom stereocenters. The van der Waals surface area contributed by atoms with E-state index in [4.69, 9.17) is 4.42 Å². The van der Waals surface area contributed by atoms with Crippen molar-refractivity contribution < 1.29 is 14.0 Å². The van der Waals surface area contributed by atoms with Gasteiger partial charge >= 0.3 is 0 Å². The second-order valence-electron chi connectivity index (χ2n) is 6.06. The van der Waals surface area contributed by atoms with Crippen LogP contribution < -0.4 is 0 Å². The first kappa shape index (κ1) is 15.9. The Morgan fingerprint density at radius 2 is 1.68 bits per heavy atom. The van der Waals surface area contributed by atoms with Crippen molar-refractivity contribution in [1.29, 1.82) is 0 Å². The Morgan fingerprint density at radius 1 is 0.920 bits per heavy atom. The van der Waals surface area contributed by atoms with E-state index in [1.807, 2.05) is 34.5 Å². The van der Waals surface area contributed by atoms with Crippen LogP contribution in [0.25, 0.3) is 10.1 Å². The lowest BCUT2D eigenvalue weighted by Crippen LogP contribution is -2.37. The molecule has 5 nitrogen and oxygen atoms in total. The molecule has 25 heavy (non-hydrogen) atoms. The highest BCUT2D eigenvalue weighted by atomic mass is 32.1. The lowest BCUT2D eigenvalue weighted by molar-refractivity contribution is 0.0701. The maximum atomic E-state index is 12.9. The minimum Gasteiger partial charge on any atom is -0.459 e. The molecule has 1 aromatic carbocycles. The summed E-state index contributed by atoms with van der Waals surface area (Å²) in [5.74, 6) is 0.286. The minimum absolute atomic E-state index is 0.0461. The average molecular weight is 354 g/mol.